The van der Waals surface area contributed by atoms with Crippen LogP contribution in [-0.2, 0) is 6.54 Å². The van der Waals surface area contributed by atoms with Crippen molar-refractivity contribution in [2.45, 2.75) is 19.5 Å². The van der Waals surface area contributed by atoms with E-state index in [4.69, 9.17) is 10.9 Å². The van der Waals surface area contributed by atoms with Crippen molar-refractivity contribution in [1.82, 2.24) is 10.3 Å². The third kappa shape index (κ3) is 3.76. The first-order valence-electron chi connectivity index (χ1n) is 6.52. The molecule has 0 saturated carbocycles. The maximum Gasteiger partial charge on any atom is 0.188 e. The number of aromatic nitrogens is 1. The highest BCUT2D eigenvalue weighted by Crippen LogP contribution is 2.16. The van der Waals surface area contributed by atoms with Crippen molar-refractivity contribution < 1.29 is 9.60 Å². The van der Waals surface area contributed by atoms with E-state index in [0.717, 1.165) is 5.56 Å². The van der Waals surface area contributed by atoms with Crippen molar-refractivity contribution in [3.8, 4) is 0 Å². The molecule has 0 aliphatic rings. The highest BCUT2D eigenvalue weighted by molar-refractivity contribution is 5.95. The number of amidine groups is 1. The lowest BCUT2D eigenvalue weighted by Crippen LogP contribution is -2.20. The van der Waals surface area contributed by atoms with Gasteiger partial charge in [-0.2, -0.15) is 0 Å². The number of nitrogens with zero attached hydrogens (tertiary/aromatic N) is 2. The van der Waals surface area contributed by atoms with Crippen molar-refractivity contribution >= 4 is 5.84 Å². The summed E-state index contributed by atoms with van der Waals surface area (Å²) in [5.74, 6) is -0.274. The van der Waals surface area contributed by atoms with Crippen LogP contribution in [0.4, 0.5) is 4.39 Å². The monoisotopic (exact) mass is 288 g/mol. The molecule has 1 atom stereocenters. The molecule has 0 radical (unpaired) electrons. The van der Waals surface area contributed by atoms with E-state index in [2.05, 4.69) is 15.5 Å². The van der Waals surface area contributed by atoms with Crippen molar-refractivity contribution in [3.63, 3.8) is 0 Å². The first-order valence-corrected chi connectivity index (χ1v) is 6.52. The van der Waals surface area contributed by atoms with Crippen LogP contribution in [0.3, 0.4) is 0 Å². The Morgan fingerprint density at radius 3 is 2.90 bits per heavy atom. The number of oxime groups is 1. The van der Waals surface area contributed by atoms with Crippen molar-refractivity contribution in [3.05, 3.63) is 65.2 Å². The molecular formula is C15H17FN4O. The number of nitrogens with one attached hydrogen (secondary N) is 1. The zero-order valence-electron chi connectivity index (χ0n) is 11.6. The normalized spacial score (nSPS) is 13.1. The molecular weight excluding hydrogens is 271 g/mol. The second-order valence-electron chi connectivity index (χ2n) is 4.66. The van der Waals surface area contributed by atoms with Gasteiger partial charge in [0.1, 0.15) is 11.5 Å². The summed E-state index contributed by atoms with van der Waals surface area (Å²) in [7, 11) is 0. The Kier molecular flexibility index (Phi) is 4.84. The van der Waals surface area contributed by atoms with Crippen LogP contribution in [0.15, 0.2) is 47.8 Å². The molecule has 2 rings (SSSR count). The van der Waals surface area contributed by atoms with E-state index in [9.17, 15) is 4.39 Å². The fourth-order valence-electron chi connectivity index (χ4n) is 1.98. The SMILES string of the molecule is C[C@@H](NCc1ccnc(/C(N)=N/O)c1)c1ccccc1F. The van der Waals surface area contributed by atoms with Crippen molar-refractivity contribution in [2.24, 2.45) is 10.9 Å². The molecule has 0 amide bonds. The molecule has 0 bridgehead atoms. The Hall–Kier alpha value is -2.47. The highest BCUT2D eigenvalue weighted by Gasteiger charge is 2.10. The zero-order chi connectivity index (χ0) is 15.2. The molecule has 2 aromatic rings. The molecule has 5 nitrogen and oxygen atoms in total. The number of benzene rings is 1. The standard InChI is InChI=1S/C15H17FN4O/c1-10(12-4-2-3-5-13(12)16)19-9-11-6-7-18-14(8-11)15(17)20-21/h2-8,10,19,21H,9H2,1H3,(H2,17,20)/t10-/m1/s1. The predicted molar refractivity (Wildman–Crippen MR) is 78.4 cm³/mol. The Labute approximate surface area is 122 Å². The fraction of sp³-hybridized carbons (Fsp3) is 0.200. The summed E-state index contributed by atoms with van der Waals surface area (Å²) in [5.41, 5.74) is 7.42. The number of rotatable bonds is 5. The number of hydrogen-bond donors (Lipinski definition) is 3. The van der Waals surface area contributed by atoms with Crippen LogP contribution in [-0.4, -0.2) is 16.0 Å². The molecule has 1 aromatic heterocycles. The average molecular weight is 288 g/mol. The molecule has 110 valence electrons. The van der Waals surface area contributed by atoms with Crippen molar-refractivity contribution in [2.75, 3.05) is 0 Å². The Balaban J connectivity index is 2.05. The largest absolute Gasteiger partial charge is 0.409 e. The molecule has 1 heterocycles. The summed E-state index contributed by atoms with van der Waals surface area (Å²) in [5, 5.41) is 14.8. The predicted octanol–water partition coefficient (Wildman–Crippen LogP) is 2.17. The summed E-state index contributed by atoms with van der Waals surface area (Å²) in [6.45, 7) is 2.41. The summed E-state index contributed by atoms with van der Waals surface area (Å²) in [6.07, 6.45) is 1.58. The van der Waals surface area contributed by atoms with E-state index >= 15 is 0 Å². The van der Waals surface area contributed by atoms with E-state index in [1.165, 1.54) is 6.07 Å². The van der Waals surface area contributed by atoms with Crippen molar-refractivity contribution in [1.29, 1.82) is 0 Å². The van der Waals surface area contributed by atoms with Crippen LogP contribution in [0.5, 0.6) is 0 Å². The topological polar surface area (TPSA) is 83.5 Å². The molecule has 0 saturated heterocycles. The molecule has 0 aliphatic heterocycles. The second-order valence-corrected chi connectivity index (χ2v) is 4.66. The van der Waals surface area contributed by atoms with Gasteiger partial charge in [0.25, 0.3) is 0 Å². The Morgan fingerprint density at radius 2 is 2.19 bits per heavy atom. The van der Waals surface area contributed by atoms with Gasteiger partial charge in [0.2, 0.25) is 0 Å². The quantitative estimate of drug-likeness (QED) is 0.341. The third-order valence-corrected chi connectivity index (χ3v) is 3.18. The van der Waals surface area contributed by atoms with Crippen LogP contribution in [0.1, 0.15) is 29.8 Å². The minimum Gasteiger partial charge on any atom is -0.409 e. The maximum atomic E-state index is 13.7. The van der Waals surface area contributed by atoms with Crippen LogP contribution in [0, 0.1) is 5.82 Å². The highest BCUT2D eigenvalue weighted by atomic mass is 19.1. The number of hydrogen-bond acceptors (Lipinski definition) is 4. The lowest BCUT2D eigenvalue weighted by molar-refractivity contribution is 0.318. The van der Waals surface area contributed by atoms with E-state index in [1.807, 2.05) is 13.0 Å². The van der Waals surface area contributed by atoms with Gasteiger partial charge in [-0.15, -0.1) is 0 Å². The Morgan fingerprint density at radius 1 is 1.43 bits per heavy atom. The second kappa shape index (κ2) is 6.81. The van der Waals surface area contributed by atoms with Gasteiger partial charge in [-0.25, -0.2) is 4.39 Å². The van der Waals surface area contributed by atoms with Gasteiger partial charge in [-0.05, 0) is 30.7 Å². The smallest absolute Gasteiger partial charge is 0.188 e. The first-order chi connectivity index (χ1) is 10.1. The van der Waals surface area contributed by atoms with Gasteiger partial charge in [-0.3, -0.25) is 4.98 Å². The van der Waals surface area contributed by atoms with E-state index in [-0.39, 0.29) is 17.7 Å². The summed E-state index contributed by atoms with van der Waals surface area (Å²) < 4.78 is 13.7. The van der Waals surface area contributed by atoms with Gasteiger partial charge < -0.3 is 16.3 Å². The number of nitrogens with two attached hydrogens (primary N) is 1. The summed E-state index contributed by atoms with van der Waals surface area (Å²) in [6, 6.07) is 10.1. The van der Waals surface area contributed by atoms with Crippen LogP contribution in [0.2, 0.25) is 0 Å². The van der Waals surface area contributed by atoms with Gasteiger partial charge in [-0.1, -0.05) is 23.4 Å². The minimum atomic E-state index is -0.232. The van der Waals surface area contributed by atoms with Gasteiger partial charge in [0.05, 0.1) is 0 Å². The molecule has 0 spiro atoms. The van der Waals surface area contributed by atoms with E-state index < -0.39 is 0 Å². The summed E-state index contributed by atoms with van der Waals surface area (Å²) in [4.78, 5) is 4.01. The minimum absolute atomic E-state index is 0.0426. The molecule has 6 heteroatoms. The van der Waals surface area contributed by atoms with Crippen LogP contribution >= 0.6 is 0 Å². The Bertz CT molecular complexity index is 645. The summed E-state index contributed by atoms with van der Waals surface area (Å²) >= 11 is 0. The molecule has 0 unspecified atom stereocenters. The molecule has 0 fully saturated rings. The lowest BCUT2D eigenvalue weighted by Gasteiger charge is -2.15. The maximum absolute atomic E-state index is 13.7. The fourth-order valence-corrected chi connectivity index (χ4v) is 1.98. The molecule has 1 aromatic carbocycles. The van der Waals surface area contributed by atoms with Crippen LogP contribution < -0.4 is 11.1 Å². The number of halogens is 1. The van der Waals surface area contributed by atoms with Gasteiger partial charge in [0.15, 0.2) is 5.84 Å². The van der Waals surface area contributed by atoms with Gasteiger partial charge in [0, 0.05) is 24.3 Å². The van der Waals surface area contributed by atoms with Crippen LogP contribution in [0.25, 0.3) is 0 Å². The first kappa shape index (κ1) is 14.9. The lowest BCUT2D eigenvalue weighted by atomic mass is 10.1. The van der Waals surface area contributed by atoms with E-state index in [1.54, 1.807) is 30.5 Å². The molecule has 21 heavy (non-hydrogen) atoms. The van der Waals surface area contributed by atoms with Gasteiger partial charge >= 0.3 is 0 Å². The average Bonchev–Trinajstić information content (AvgIpc) is 2.52. The zero-order valence-corrected chi connectivity index (χ0v) is 11.6. The third-order valence-electron chi connectivity index (χ3n) is 3.18. The van der Waals surface area contributed by atoms with E-state index in [0.29, 0.717) is 17.8 Å². The molecule has 4 N–H and O–H groups in total. The number of pyridine rings is 1. The molecule has 0 aliphatic carbocycles.